The molecule has 1 aromatic carbocycles. The maximum absolute atomic E-state index is 5.67. The molecule has 0 spiro atoms. The van der Waals surface area contributed by atoms with Gasteiger partial charge in [-0.1, -0.05) is 30.3 Å². The summed E-state index contributed by atoms with van der Waals surface area (Å²) in [5.74, 6) is 0. The summed E-state index contributed by atoms with van der Waals surface area (Å²) in [7, 11) is 0. The summed E-state index contributed by atoms with van der Waals surface area (Å²) in [6, 6.07) is 12.2. The lowest BCUT2D eigenvalue weighted by atomic mass is 10.1. The Balaban J connectivity index is 1.65. The molecular formula is C15H22N2O. The fraction of sp³-hybridized carbons (Fsp3) is 0.600. The number of rotatable bonds is 4. The van der Waals surface area contributed by atoms with Crippen molar-refractivity contribution in [2.45, 2.75) is 38.4 Å². The first-order valence-electron chi connectivity index (χ1n) is 7.04. The molecule has 3 rings (SSSR count). The number of hydroxylamine groups is 2. The quantitative estimate of drug-likeness (QED) is 0.810. The van der Waals surface area contributed by atoms with E-state index in [4.69, 9.17) is 4.84 Å². The Morgan fingerprint density at radius 1 is 1.11 bits per heavy atom. The molecule has 2 heterocycles. The zero-order valence-electron chi connectivity index (χ0n) is 11.1. The van der Waals surface area contributed by atoms with E-state index in [1.165, 1.54) is 18.4 Å². The van der Waals surface area contributed by atoms with Gasteiger partial charge < -0.3 is 0 Å². The first-order chi connectivity index (χ1) is 8.86. The van der Waals surface area contributed by atoms with Crippen LogP contribution in [-0.2, 0) is 11.4 Å². The van der Waals surface area contributed by atoms with Gasteiger partial charge in [-0.05, 0) is 25.3 Å². The molecule has 1 aromatic rings. The summed E-state index contributed by atoms with van der Waals surface area (Å²) in [6.45, 7) is 6.08. The lowest BCUT2D eigenvalue weighted by Crippen LogP contribution is -2.52. The number of hydrogen-bond acceptors (Lipinski definition) is 3. The lowest BCUT2D eigenvalue weighted by molar-refractivity contribution is -0.188. The average Bonchev–Trinajstić information content (AvgIpc) is 2.63. The molecule has 0 aromatic heterocycles. The molecule has 0 amide bonds. The van der Waals surface area contributed by atoms with Gasteiger partial charge in [0.05, 0.1) is 6.61 Å². The summed E-state index contributed by atoms with van der Waals surface area (Å²) in [5.41, 5.74) is 1.43. The standard InChI is InChI=1S/C15H22N2O/c1-2-18-16-11-14-8-9-15(12-16)17(14)10-13-6-4-3-5-7-13/h3-7,14-15H,2,8-12H2,1H3. The second-order valence-corrected chi connectivity index (χ2v) is 5.31. The Labute approximate surface area is 109 Å². The molecule has 3 heteroatoms. The number of fused-ring (bicyclic) bond motifs is 2. The fourth-order valence-corrected chi connectivity index (χ4v) is 3.29. The number of benzene rings is 1. The van der Waals surface area contributed by atoms with E-state index >= 15 is 0 Å². The van der Waals surface area contributed by atoms with Gasteiger partial charge in [0.2, 0.25) is 0 Å². The molecule has 2 aliphatic heterocycles. The topological polar surface area (TPSA) is 15.7 Å². The van der Waals surface area contributed by atoms with Crippen LogP contribution in [0.1, 0.15) is 25.3 Å². The van der Waals surface area contributed by atoms with E-state index in [2.05, 4.69) is 47.2 Å². The Morgan fingerprint density at radius 2 is 1.78 bits per heavy atom. The third-order valence-corrected chi connectivity index (χ3v) is 4.12. The maximum atomic E-state index is 5.67. The molecule has 3 nitrogen and oxygen atoms in total. The second kappa shape index (κ2) is 5.39. The predicted molar refractivity (Wildman–Crippen MR) is 72.0 cm³/mol. The van der Waals surface area contributed by atoms with Crippen molar-refractivity contribution < 1.29 is 4.84 Å². The molecule has 2 fully saturated rings. The molecule has 0 radical (unpaired) electrons. The third kappa shape index (κ3) is 2.44. The van der Waals surface area contributed by atoms with Gasteiger partial charge in [-0.15, -0.1) is 0 Å². The van der Waals surface area contributed by atoms with E-state index in [0.29, 0.717) is 12.1 Å². The van der Waals surface area contributed by atoms with Crippen molar-refractivity contribution in [3.05, 3.63) is 35.9 Å². The minimum Gasteiger partial charge on any atom is -0.299 e. The third-order valence-electron chi connectivity index (χ3n) is 4.12. The lowest BCUT2D eigenvalue weighted by Gasteiger charge is -2.40. The van der Waals surface area contributed by atoms with Crippen LogP contribution >= 0.6 is 0 Å². The van der Waals surface area contributed by atoms with Gasteiger partial charge in [-0.2, -0.15) is 5.06 Å². The van der Waals surface area contributed by atoms with Crippen LogP contribution in [0.15, 0.2) is 30.3 Å². The molecule has 2 atom stereocenters. The minimum atomic E-state index is 0.676. The van der Waals surface area contributed by atoms with Gasteiger partial charge in [-0.3, -0.25) is 9.74 Å². The highest BCUT2D eigenvalue weighted by Gasteiger charge is 2.39. The normalized spacial score (nSPS) is 28.7. The molecule has 2 saturated heterocycles. The van der Waals surface area contributed by atoms with Gasteiger partial charge in [0.25, 0.3) is 0 Å². The van der Waals surface area contributed by atoms with Crippen molar-refractivity contribution in [1.82, 2.24) is 9.96 Å². The van der Waals surface area contributed by atoms with E-state index in [9.17, 15) is 0 Å². The number of piperazine rings is 1. The van der Waals surface area contributed by atoms with Crippen molar-refractivity contribution in [3.8, 4) is 0 Å². The van der Waals surface area contributed by atoms with E-state index in [0.717, 1.165) is 26.2 Å². The van der Waals surface area contributed by atoms with Gasteiger partial charge in [0.1, 0.15) is 0 Å². The number of hydrogen-bond donors (Lipinski definition) is 0. The van der Waals surface area contributed by atoms with Crippen molar-refractivity contribution >= 4 is 0 Å². The molecular weight excluding hydrogens is 224 g/mol. The van der Waals surface area contributed by atoms with Crippen molar-refractivity contribution in [2.75, 3.05) is 19.7 Å². The smallest absolute Gasteiger partial charge is 0.0656 e. The van der Waals surface area contributed by atoms with Crippen molar-refractivity contribution in [1.29, 1.82) is 0 Å². The highest BCUT2D eigenvalue weighted by Crippen LogP contribution is 2.31. The van der Waals surface area contributed by atoms with Crippen molar-refractivity contribution in [2.24, 2.45) is 0 Å². The Bertz CT molecular complexity index is 367. The van der Waals surface area contributed by atoms with E-state index in [-0.39, 0.29) is 0 Å². The second-order valence-electron chi connectivity index (χ2n) is 5.31. The van der Waals surface area contributed by atoms with Gasteiger partial charge >= 0.3 is 0 Å². The summed E-state index contributed by atoms with van der Waals surface area (Å²) in [4.78, 5) is 8.34. The van der Waals surface area contributed by atoms with Crippen LogP contribution in [0.2, 0.25) is 0 Å². The fourth-order valence-electron chi connectivity index (χ4n) is 3.29. The SMILES string of the molecule is CCON1CC2CCC(C1)N2Cc1ccccc1. The summed E-state index contributed by atoms with van der Waals surface area (Å²) >= 11 is 0. The molecule has 2 aliphatic rings. The first kappa shape index (κ1) is 12.2. The Hall–Kier alpha value is -0.900. The van der Waals surface area contributed by atoms with E-state index in [1.807, 2.05) is 0 Å². The highest BCUT2D eigenvalue weighted by molar-refractivity contribution is 5.15. The van der Waals surface area contributed by atoms with Crippen molar-refractivity contribution in [3.63, 3.8) is 0 Å². The van der Waals surface area contributed by atoms with E-state index < -0.39 is 0 Å². The molecule has 0 N–H and O–H groups in total. The molecule has 0 aliphatic carbocycles. The van der Waals surface area contributed by atoms with Gasteiger partial charge in [0.15, 0.2) is 0 Å². The predicted octanol–water partition coefficient (Wildman–Crippen LogP) is 2.29. The van der Waals surface area contributed by atoms with Gasteiger partial charge in [-0.25, -0.2) is 0 Å². The summed E-state index contributed by atoms with van der Waals surface area (Å²) < 4.78 is 0. The minimum absolute atomic E-state index is 0.676. The van der Waals surface area contributed by atoms with Crippen LogP contribution < -0.4 is 0 Å². The van der Waals surface area contributed by atoms with Crippen LogP contribution in [-0.4, -0.2) is 41.7 Å². The largest absolute Gasteiger partial charge is 0.299 e. The van der Waals surface area contributed by atoms with E-state index in [1.54, 1.807) is 0 Å². The van der Waals surface area contributed by atoms with Crippen LogP contribution in [0.25, 0.3) is 0 Å². The Kier molecular flexibility index (Phi) is 3.64. The molecule has 18 heavy (non-hydrogen) atoms. The van der Waals surface area contributed by atoms with Crippen LogP contribution in [0, 0.1) is 0 Å². The van der Waals surface area contributed by atoms with Crippen LogP contribution in [0.3, 0.4) is 0 Å². The zero-order chi connectivity index (χ0) is 12.4. The molecule has 2 bridgehead atoms. The highest BCUT2D eigenvalue weighted by atomic mass is 16.7. The average molecular weight is 246 g/mol. The monoisotopic (exact) mass is 246 g/mol. The van der Waals surface area contributed by atoms with Crippen LogP contribution in [0.5, 0.6) is 0 Å². The first-order valence-corrected chi connectivity index (χ1v) is 7.04. The number of nitrogens with zero attached hydrogens (tertiary/aromatic N) is 2. The molecule has 0 saturated carbocycles. The van der Waals surface area contributed by atoms with Gasteiger partial charge in [0, 0.05) is 31.7 Å². The summed E-state index contributed by atoms with van der Waals surface area (Å²) in [5, 5.41) is 2.17. The summed E-state index contributed by atoms with van der Waals surface area (Å²) in [6.07, 6.45) is 2.64. The molecule has 98 valence electrons. The van der Waals surface area contributed by atoms with Crippen LogP contribution in [0.4, 0.5) is 0 Å². The Morgan fingerprint density at radius 3 is 2.39 bits per heavy atom. The molecule has 2 unspecified atom stereocenters. The zero-order valence-corrected chi connectivity index (χ0v) is 11.1. The maximum Gasteiger partial charge on any atom is 0.0656 e.